The summed E-state index contributed by atoms with van der Waals surface area (Å²) in [6.45, 7) is 6.37. The van der Waals surface area contributed by atoms with E-state index >= 15 is 0 Å². The third-order valence-corrected chi connectivity index (χ3v) is 7.25. The molecule has 11 heteroatoms. The average Bonchev–Trinajstić information content (AvgIpc) is 2.99. The van der Waals surface area contributed by atoms with Crippen molar-refractivity contribution in [2.75, 3.05) is 37.7 Å². The summed E-state index contributed by atoms with van der Waals surface area (Å²) in [6.07, 6.45) is -0.320. The Bertz CT molecular complexity index is 1230. The molecule has 1 aliphatic heterocycles. The zero-order chi connectivity index (χ0) is 29.6. The summed E-state index contributed by atoms with van der Waals surface area (Å²) >= 11 is 7.93. The molecule has 2 amide bonds. The van der Waals surface area contributed by atoms with Crippen LogP contribution in [-0.4, -0.2) is 67.8 Å². The molecule has 2 aromatic rings. The first-order valence-corrected chi connectivity index (χ1v) is 14.7. The van der Waals surface area contributed by atoms with E-state index in [1.165, 1.54) is 26.0 Å². The van der Waals surface area contributed by atoms with Gasteiger partial charge in [-0.3, -0.25) is 9.59 Å². The number of thioether (sulfide) groups is 1. The zero-order valence-electron chi connectivity index (χ0n) is 23.7. The van der Waals surface area contributed by atoms with Gasteiger partial charge < -0.3 is 29.5 Å². The third-order valence-electron chi connectivity index (χ3n) is 6.37. The first kappa shape index (κ1) is 31.6. The maximum absolute atomic E-state index is 14.1. The number of halogens is 1. The highest BCUT2D eigenvalue weighted by Gasteiger charge is 2.40. The van der Waals surface area contributed by atoms with E-state index in [4.69, 9.17) is 25.8 Å². The molecule has 0 saturated heterocycles. The van der Waals surface area contributed by atoms with E-state index in [0.29, 0.717) is 45.6 Å². The van der Waals surface area contributed by atoms with Gasteiger partial charge in [0.1, 0.15) is 18.2 Å². The molecule has 40 heavy (non-hydrogen) atoms. The largest absolute Gasteiger partial charge is 0.493 e. The molecule has 0 radical (unpaired) electrons. The minimum atomic E-state index is -1.22. The molecule has 218 valence electrons. The standard InChI is InChI=1S/C29H37ClN2O7S/c1-29(2,3)16-32-21-11-10-17(30)14-19(21)25(18-8-7-9-22(37-4)26(18)38-5)39-23(27(32)34)15-24(33)31-20(28(35)36)12-13-40-6/h7-11,14,20,23,25H,12-13,15-16H2,1-6H3,(H,31,33)(H,35,36)/t20-,23-,25-/m1/s1. The van der Waals surface area contributed by atoms with Crippen LogP contribution in [0.1, 0.15) is 50.8 Å². The van der Waals surface area contributed by atoms with Crippen LogP contribution in [0.15, 0.2) is 36.4 Å². The van der Waals surface area contributed by atoms with Gasteiger partial charge in [-0.15, -0.1) is 0 Å². The fourth-order valence-electron chi connectivity index (χ4n) is 4.62. The number of methoxy groups -OCH3 is 2. The van der Waals surface area contributed by atoms with Crippen LogP contribution in [0.4, 0.5) is 5.69 Å². The number of nitrogens with zero attached hydrogens (tertiary/aromatic N) is 1. The number of para-hydroxylation sites is 1. The van der Waals surface area contributed by atoms with Crippen LogP contribution in [-0.2, 0) is 19.1 Å². The molecule has 9 nitrogen and oxygen atoms in total. The van der Waals surface area contributed by atoms with Crippen molar-refractivity contribution in [3.8, 4) is 11.5 Å². The number of benzene rings is 2. The van der Waals surface area contributed by atoms with Crippen molar-refractivity contribution in [1.82, 2.24) is 5.32 Å². The van der Waals surface area contributed by atoms with Crippen molar-refractivity contribution in [3.63, 3.8) is 0 Å². The molecule has 0 fully saturated rings. The maximum Gasteiger partial charge on any atom is 0.326 e. The fraction of sp³-hybridized carbons (Fsp3) is 0.483. The number of hydrogen-bond donors (Lipinski definition) is 2. The topological polar surface area (TPSA) is 114 Å². The first-order chi connectivity index (χ1) is 18.9. The van der Waals surface area contributed by atoms with Crippen molar-refractivity contribution < 1.29 is 33.7 Å². The Kier molecular flexibility index (Phi) is 10.7. The monoisotopic (exact) mass is 592 g/mol. The molecule has 1 heterocycles. The molecule has 0 bridgehead atoms. The van der Waals surface area contributed by atoms with Crippen molar-refractivity contribution in [1.29, 1.82) is 0 Å². The van der Waals surface area contributed by atoms with Gasteiger partial charge in [0, 0.05) is 28.4 Å². The van der Waals surface area contributed by atoms with E-state index in [0.717, 1.165) is 0 Å². The highest BCUT2D eigenvalue weighted by Crippen LogP contribution is 2.45. The fourth-order valence-corrected chi connectivity index (χ4v) is 5.27. The first-order valence-electron chi connectivity index (χ1n) is 12.9. The Hall–Kier alpha value is -2.95. The molecule has 0 aromatic heterocycles. The number of carboxylic acids is 1. The Morgan fingerprint density at radius 1 is 1.18 bits per heavy atom. The van der Waals surface area contributed by atoms with Crippen molar-refractivity contribution >= 4 is 46.8 Å². The third kappa shape index (κ3) is 7.62. The summed E-state index contributed by atoms with van der Waals surface area (Å²) in [6, 6.07) is 9.50. The number of ether oxygens (including phenoxy) is 3. The zero-order valence-corrected chi connectivity index (χ0v) is 25.2. The number of amides is 2. The summed E-state index contributed by atoms with van der Waals surface area (Å²) in [7, 11) is 3.04. The van der Waals surface area contributed by atoms with E-state index in [-0.39, 0.29) is 18.3 Å². The SMILES string of the molecule is COc1cccc([C@H]2O[C@H](CC(=O)N[C@H](CCSC)C(=O)O)C(=O)N(CC(C)(C)C)c3ccc(Cl)cc32)c1OC. The van der Waals surface area contributed by atoms with Gasteiger partial charge in [-0.1, -0.05) is 44.5 Å². The second-order valence-corrected chi connectivity index (χ2v) is 12.1. The number of rotatable bonds is 11. The lowest BCUT2D eigenvalue weighted by molar-refractivity contribution is -0.143. The normalized spacial score (nSPS) is 18.0. The van der Waals surface area contributed by atoms with Gasteiger partial charge >= 0.3 is 5.97 Å². The van der Waals surface area contributed by atoms with E-state index in [1.807, 2.05) is 27.0 Å². The average molecular weight is 593 g/mol. The minimum Gasteiger partial charge on any atom is -0.493 e. The van der Waals surface area contributed by atoms with E-state index < -0.39 is 36.0 Å². The Labute approximate surface area is 244 Å². The molecule has 0 saturated carbocycles. The van der Waals surface area contributed by atoms with Crippen molar-refractivity contribution in [2.45, 2.75) is 51.9 Å². The number of hydrogen-bond acceptors (Lipinski definition) is 7. The van der Waals surface area contributed by atoms with Gasteiger partial charge in [0.25, 0.3) is 5.91 Å². The lowest BCUT2D eigenvalue weighted by Gasteiger charge is -2.31. The maximum atomic E-state index is 14.1. The summed E-state index contributed by atoms with van der Waals surface area (Å²) < 4.78 is 17.7. The van der Waals surface area contributed by atoms with Gasteiger partial charge in [0.05, 0.1) is 20.6 Å². The lowest BCUT2D eigenvalue weighted by atomic mass is 9.94. The van der Waals surface area contributed by atoms with Gasteiger partial charge in [-0.05, 0) is 48.1 Å². The van der Waals surface area contributed by atoms with Crippen LogP contribution in [0.25, 0.3) is 0 Å². The number of fused-ring (bicyclic) bond motifs is 1. The minimum absolute atomic E-state index is 0.255. The molecule has 2 N–H and O–H groups in total. The molecule has 0 unspecified atom stereocenters. The van der Waals surface area contributed by atoms with Crippen LogP contribution in [0.2, 0.25) is 5.02 Å². The molecule has 3 atom stereocenters. The van der Waals surface area contributed by atoms with Crippen molar-refractivity contribution in [2.24, 2.45) is 5.41 Å². The van der Waals surface area contributed by atoms with Crippen LogP contribution in [0.3, 0.4) is 0 Å². The smallest absolute Gasteiger partial charge is 0.326 e. The van der Waals surface area contributed by atoms with Crippen LogP contribution < -0.4 is 19.7 Å². The highest BCUT2D eigenvalue weighted by molar-refractivity contribution is 7.98. The molecule has 2 aromatic carbocycles. The molecule has 0 spiro atoms. The number of carboxylic acid groups (broad SMARTS) is 1. The molecular formula is C29H37ClN2O7S. The Morgan fingerprint density at radius 2 is 1.90 bits per heavy atom. The predicted octanol–water partition coefficient (Wildman–Crippen LogP) is 4.94. The Balaban J connectivity index is 2.12. The van der Waals surface area contributed by atoms with Gasteiger partial charge in [-0.25, -0.2) is 4.79 Å². The van der Waals surface area contributed by atoms with Gasteiger partial charge in [0.15, 0.2) is 11.5 Å². The summed E-state index contributed by atoms with van der Waals surface area (Å²) in [5.74, 6) is -0.683. The summed E-state index contributed by atoms with van der Waals surface area (Å²) in [5, 5.41) is 12.6. The number of aliphatic carboxylic acids is 1. The van der Waals surface area contributed by atoms with Crippen LogP contribution in [0.5, 0.6) is 11.5 Å². The predicted molar refractivity (Wildman–Crippen MR) is 157 cm³/mol. The summed E-state index contributed by atoms with van der Waals surface area (Å²) in [4.78, 5) is 40.6. The number of carbonyl (C=O) groups excluding carboxylic acids is 2. The van der Waals surface area contributed by atoms with Crippen LogP contribution >= 0.6 is 23.4 Å². The second-order valence-electron chi connectivity index (χ2n) is 10.7. The van der Waals surface area contributed by atoms with E-state index in [9.17, 15) is 19.5 Å². The van der Waals surface area contributed by atoms with E-state index in [2.05, 4.69) is 5.32 Å². The van der Waals surface area contributed by atoms with E-state index in [1.54, 1.807) is 41.3 Å². The molecule has 0 aliphatic carbocycles. The van der Waals surface area contributed by atoms with Crippen LogP contribution in [0, 0.1) is 5.41 Å². The highest BCUT2D eigenvalue weighted by atomic mass is 35.5. The molecule has 3 rings (SSSR count). The molecule has 1 aliphatic rings. The van der Waals surface area contributed by atoms with Gasteiger partial charge in [0.2, 0.25) is 5.91 Å². The molecular weight excluding hydrogens is 556 g/mol. The van der Waals surface area contributed by atoms with Gasteiger partial charge in [-0.2, -0.15) is 11.8 Å². The summed E-state index contributed by atoms with van der Waals surface area (Å²) in [5.41, 5.74) is 1.53. The Morgan fingerprint density at radius 3 is 2.50 bits per heavy atom. The lowest BCUT2D eigenvalue weighted by Crippen LogP contribution is -2.47. The number of carbonyl (C=O) groups is 3. The number of anilines is 1. The quantitative estimate of drug-likeness (QED) is 0.377. The van der Waals surface area contributed by atoms with Crippen molar-refractivity contribution in [3.05, 3.63) is 52.5 Å². The number of nitrogens with one attached hydrogen (secondary N) is 1. The second kappa shape index (κ2) is 13.6.